The zero-order chi connectivity index (χ0) is 21.9. The van der Waals surface area contributed by atoms with Gasteiger partial charge in [-0.05, 0) is 22.8 Å². The fourth-order valence-electron chi connectivity index (χ4n) is 4.64. The fraction of sp³-hybridized carbons (Fsp3) is 0.259. The molecule has 0 N–H and O–H groups in total. The smallest absolute Gasteiger partial charge is 0.162 e. The molecule has 32 heavy (non-hydrogen) atoms. The zero-order valence-electron chi connectivity index (χ0n) is 17.9. The van der Waals surface area contributed by atoms with E-state index in [1.165, 1.54) is 17.7 Å². The van der Waals surface area contributed by atoms with Crippen molar-refractivity contribution in [2.45, 2.75) is 12.6 Å². The number of fused-ring (bicyclic) bond motifs is 2. The summed E-state index contributed by atoms with van der Waals surface area (Å²) in [7, 11) is 0. The summed E-state index contributed by atoms with van der Waals surface area (Å²) in [4.78, 5) is 4.78. The number of hydrogen-bond donors (Lipinski definition) is 0. The quantitative estimate of drug-likeness (QED) is 0.558. The van der Waals surface area contributed by atoms with Crippen LogP contribution in [0.15, 0.2) is 72.8 Å². The maximum absolute atomic E-state index is 14.2. The summed E-state index contributed by atoms with van der Waals surface area (Å²) in [6.45, 7) is 4.76. The largest absolute Gasteiger partial charge is 0.488 e. The Bertz CT molecular complexity index is 1110. The third kappa shape index (κ3) is 4.31. The van der Waals surface area contributed by atoms with E-state index in [1.807, 2.05) is 36.4 Å². The topological polar surface area (TPSA) is 15.7 Å². The summed E-state index contributed by atoms with van der Waals surface area (Å²) in [6, 6.07) is 20.7. The molecule has 0 aliphatic carbocycles. The summed E-state index contributed by atoms with van der Waals surface area (Å²) in [6.07, 6.45) is 4.35. The molecule has 1 saturated heterocycles. The van der Waals surface area contributed by atoms with Gasteiger partial charge >= 0.3 is 0 Å². The minimum Gasteiger partial charge on any atom is -0.488 e. The molecule has 164 valence electrons. The minimum atomic E-state index is -0.872. The second-order valence-electron chi connectivity index (χ2n) is 8.34. The fourth-order valence-corrected chi connectivity index (χ4v) is 4.64. The highest BCUT2D eigenvalue weighted by Gasteiger charge is 2.32. The number of halogens is 2. The molecule has 5 heteroatoms. The van der Waals surface area contributed by atoms with Gasteiger partial charge in [0.15, 0.2) is 11.6 Å². The van der Waals surface area contributed by atoms with Crippen molar-refractivity contribution in [1.29, 1.82) is 0 Å². The van der Waals surface area contributed by atoms with E-state index in [9.17, 15) is 8.78 Å². The Labute approximate surface area is 187 Å². The lowest BCUT2D eigenvalue weighted by molar-refractivity contribution is 0.117. The third-order valence-electron chi connectivity index (χ3n) is 6.33. The van der Waals surface area contributed by atoms with Crippen LogP contribution in [-0.4, -0.2) is 42.5 Å². The lowest BCUT2D eigenvalue weighted by atomic mass is 9.93. The first-order valence-electron chi connectivity index (χ1n) is 11.1. The molecule has 0 spiro atoms. The highest BCUT2D eigenvalue weighted by atomic mass is 19.2. The van der Waals surface area contributed by atoms with Crippen molar-refractivity contribution < 1.29 is 13.5 Å². The number of nitrogens with zero attached hydrogens (tertiary/aromatic N) is 2. The van der Waals surface area contributed by atoms with Crippen molar-refractivity contribution >= 4 is 6.08 Å². The average Bonchev–Trinajstić information content (AvgIpc) is 2.97. The molecule has 1 unspecified atom stereocenters. The van der Waals surface area contributed by atoms with Gasteiger partial charge in [-0.3, -0.25) is 9.80 Å². The number of benzene rings is 3. The summed E-state index contributed by atoms with van der Waals surface area (Å²) in [5.41, 5.74) is 4.07. The van der Waals surface area contributed by atoms with Crippen LogP contribution in [0.2, 0.25) is 0 Å². The van der Waals surface area contributed by atoms with Crippen LogP contribution in [0.25, 0.3) is 6.08 Å². The van der Waals surface area contributed by atoms with E-state index < -0.39 is 11.6 Å². The van der Waals surface area contributed by atoms with Crippen LogP contribution in [0, 0.1) is 11.6 Å². The first-order chi connectivity index (χ1) is 15.7. The number of ether oxygens (including phenoxy) is 1. The van der Waals surface area contributed by atoms with E-state index in [0.29, 0.717) is 17.9 Å². The van der Waals surface area contributed by atoms with Crippen LogP contribution >= 0.6 is 0 Å². The van der Waals surface area contributed by atoms with E-state index in [4.69, 9.17) is 4.74 Å². The Morgan fingerprint density at radius 1 is 0.844 bits per heavy atom. The first-order valence-corrected chi connectivity index (χ1v) is 11.1. The van der Waals surface area contributed by atoms with Gasteiger partial charge < -0.3 is 4.74 Å². The van der Waals surface area contributed by atoms with E-state index in [1.54, 1.807) is 0 Å². The Morgan fingerprint density at radius 3 is 2.38 bits per heavy atom. The Morgan fingerprint density at radius 2 is 1.56 bits per heavy atom. The van der Waals surface area contributed by atoms with Crippen molar-refractivity contribution in [2.24, 2.45) is 0 Å². The molecular weight excluding hydrogens is 406 g/mol. The first kappa shape index (κ1) is 20.9. The second-order valence-corrected chi connectivity index (χ2v) is 8.34. The molecule has 0 radical (unpaired) electrons. The molecule has 0 bridgehead atoms. The molecule has 3 aromatic rings. The Balaban J connectivity index is 1.35. The molecule has 1 fully saturated rings. The van der Waals surface area contributed by atoms with Crippen LogP contribution < -0.4 is 4.74 Å². The molecule has 0 amide bonds. The Kier molecular flexibility index (Phi) is 6.02. The maximum Gasteiger partial charge on any atom is 0.162 e. The summed E-state index contributed by atoms with van der Waals surface area (Å²) in [5.74, 6) is -1.27. The van der Waals surface area contributed by atoms with E-state index in [0.717, 1.165) is 43.9 Å². The molecule has 2 aliphatic heterocycles. The average molecular weight is 433 g/mol. The minimum absolute atomic E-state index is 0.152. The van der Waals surface area contributed by atoms with Crippen LogP contribution in [0.5, 0.6) is 5.75 Å². The van der Waals surface area contributed by atoms with E-state index in [-0.39, 0.29) is 6.04 Å². The van der Waals surface area contributed by atoms with Crippen molar-refractivity contribution in [3.05, 3.63) is 107 Å². The van der Waals surface area contributed by atoms with Crippen molar-refractivity contribution in [3.63, 3.8) is 0 Å². The third-order valence-corrected chi connectivity index (χ3v) is 6.33. The predicted octanol–water partition coefficient (Wildman–Crippen LogP) is 5.28. The van der Waals surface area contributed by atoms with Gasteiger partial charge in [-0.1, -0.05) is 66.7 Å². The maximum atomic E-state index is 14.2. The van der Waals surface area contributed by atoms with Gasteiger partial charge in [0.25, 0.3) is 0 Å². The van der Waals surface area contributed by atoms with Crippen LogP contribution in [0.1, 0.15) is 28.3 Å². The van der Waals surface area contributed by atoms with Crippen molar-refractivity contribution in [2.75, 3.05) is 32.7 Å². The molecular formula is C27H26F2N2O. The normalized spacial score (nSPS) is 19.2. The van der Waals surface area contributed by atoms with Crippen molar-refractivity contribution in [1.82, 2.24) is 9.80 Å². The molecule has 2 heterocycles. The number of rotatable bonds is 4. The van der Waals surface area contributed by atoms with E-state index >= 15 is 0 Å². The molecule has 3 nitrogen and oxygen atoms in total. The highest BCUT2D eigenvalue weighted by Crippen LogP contribution is 2.40. The lowest BCUT2D eigenvalue weighted by Gasteiger charge is -2.39. The molecule has 2 aliphatic rings. The predicted molar refractivity (Wildman–Crippen MR) is 122 cm³/mol. The summed E-state index contributed by atoms with van der Waals surface area (Å²) < 4.78 is 34.1. The van der Waals surface area contributed by atoms with Gasteiger partial charge in [0.05, 0.1) is 6.04 Å². The monoisotopic (exact) mass is 432 g/mol. The van der Waals surface area contributed by atoms with Crippen LogP contribution in [-0.2, 0) is 6.61 Å². The van der Waals surface area contributed by atoms with Gasteiger partial charge in [0, 0.05) is 44.4 Å². The molecule has 0 aromatic heterocycles. The zero-order valence-corrected chi connectivity index (χ0v) is 17.9. The summed E-state index contributed by atoms with van der Waals surface area (Å²) in [5, 5.41) is 0. The lowest BCUT2D eigenvalue weighted by Crippen LogP contribution is -2.47. The molecule has 0 saturated carbocycles. The number of piperazine rings is 1. The van der Waals surface area contributed by atoms with E-state index in [2.05, 4.69) is 40.2 Å². The molecule has 3 aromatic carbocycles. The standard InChI is InChI=1S/C27H26F2N2O/c28-24-17-23-26(18-25(24)29)32-19-21-10-4-5-11-22(21)27(23)31-15-13-30(14-16-31)12-6-9-20-7-2-1-3-8-20/h1-11,17-18,27H,12-16,19H2/b9-6+. The van der Waals surface area contributed by atoms with Gasteiger partial charge in [0.1, 0.15) is 12.4 Å². The van der Waals surface area contributed by atoms with Gasteiger partial charge in [-0.2, -0.15) is 0 Å². The van der Waals surface area contributed by atoms with Gasteiger partial charge in [0.2, 0.25) is 0 Å². The van der Waals surface area contributed by atoms with Crippen LogP contribution in [0.3, 0.4) is 0 Å². The SMILES string of the molecule is Fc1cc2c(cc1F)C(N1CCN(C/C=C/c3ccccc3)CC1)c1ccccc1CO2. The molecule has 5 rings (SSSR count). The second kappa shape index (κ2) is 9.23. The Hall–Kier alpha value is -3.02. The van der Waals surface area contributed by atoms with Gasteiger partial charge in [-0.25, -0.2) is 8.78 Å². The van der Waals surface area contributed by atoms with Crippen molar-refractivity contribution in [3.8, 4) is 5.75 Å². The van der Waals surface area contributed by atoms with Crippen LogP contribution in [0.4, 0.5) is 8.78 Å². The summed E-state index contributed by atoms with van der Waals surface area (Å²) >= 11 is 0. The van der Waals surface area contributed by atoms with Gasteiger partial charge in [-0.15, -0.1) is 0 Å². The number of hydrogen-bond acceptors (Lipinski definition) is 3. The highest BCUT2D eigenvalue weighted by molar-refractivity contribution is 5.49. The molecule has 1 atom stereocenters.